The number of nitrogens with two attached hydrogens (primary N) is 9. The van der Waals surface area contributed by atoms with Crippen molar-refractivity contribution in [3.8, 4) is 0 Å². The second-order valence-electron chi connectivity index (χ2n) is 13.9. The number of carboxylic acid groups (broad SMARTS) is 1. The van der Waals surface area contributed by atoms with Gasteiger partial charge in [-0.05, 0) is 67.7 Å². The first kappa shape index (κ1) is 49.2. The van der Waals surface area contributed by atoms with E-state index in [9.17, 15) is 29.1 Å². The first-order chi connectivity index (χ1) is 28.5. The number of aliphatic carboxylic acids is 1. The van der Waals surface area contributed by atoms with Crippen LogP contribution in [-0.4, -0.2) is 115 Å². The van der Waals surface area contributed by atoms with Gasteiger partial charge in [-0.25, -0.2) is 4.79 Å². The van der Waals surface area contributed by atoms with Crippen LogP contribution in [0.4, 0.5) is 0 Å². The molecule has 23 nitrogen and oxygen atoms in total. The topological polar surface area (TPSA) is 437 Å². The minimum absolute atomic E-state index is 0.0137. The van der Waals surface area contributed by atoms with E-state index in [1.807, 2.05) is 36.4 Å². The Balaban J connectivity index is 2.43. The van der Waals surface area contributed by atoms with Crippen molar-refractivity contribution >= 4 is 64.2 Å². The highest BCUT2D eigenvalue weighted by molar-refractivity contribution is 5.95. The fraction of sp³-hybridized carbons (Fsp3) is 0.486. The second-order valence-corrected chi connectivity index (χ2v) is 13.9. The van der Waals surface area contributed by atoms with Crippen LogP contribution in [0.25, 0.3) is 10.8 Å². The molecule has 2 aromatic carbocycles. The van der Waals surface area contributed by atoms with Gasteiger partial charge in [0.1, 0.15) is 24.2 Å². The average Bonchev–Trinajstić information content (AvgIpc) is 3.18. The van der Waals surface area contributed by atoms with Crippen LogP contribution in [0.3, 0.4) is 0 Å². The van der Waals surface area contributed by atoms with Crippen molar-refractivity contribution in [3.63, 3.8) is 0 Å². The highest BCUT2D eigenvalue weighted by atomic mass is 16.4. The monoisotopic (exact) mass is 839 g/mol. The van der Waals surface area contributed by atoms with Crippen molar-refractivity contribution in [2.45, 2.75) is 88.0 Å². The quantitative estimate of drug-likeness (QED) is 0.0231. The van der Waals surface area contributed by atoms with Crippen molar-refractivity contribution in [3.05, 3.63) is 48.0 Å². The number of benzene rings is 2. The van der Waals surface area contributed by atoms with Crippen LogP contribution < -0.4 is 72.9 Å². The van der Waals surface area contributed by atoms with E-state index in [2.05, 4.69) is 41.2 Å². The lowest BCUT2D eigenvalue weighted by Gasteiger charge is -2.26. The molecule has 330 valence electrons. The molecule has 4 amide bonds. The van der Waals surface area contributed by atoms with E-state index in [-0.39, 0.29) is 101 Å². The molecule has 0 bridgehead atoms. The molecule has 0 heterocycles. The predicted octanol–water partition coefficient (Wildman–Crippen LogP) is -4.05. The summed E-state index contributed by atoms with van der Waals surface area (Å²) in [7, 11) is 0. The highest BCUT2D eigenvalue weighted by Crippen LogP contribution is 2.17. The van der Waals surface area contributed by atoms with Gasteiger partial charge in [0.25, 0.3) is 0 Å². The zero-order chi connectivity index (χ0) is 44.6. The van der Waals surface area contributed by atoms with Gasteiger partial charge in [0.05, 0.1) is 6.04 Å². The molecule has 0 aliphatic rings. The number of hydrogen-bond donors (Lipinski definition) is 14. The van der Waals surface area contributed by atoms with Crippen molar-refractivity contribution in [2.24, 2.45) is 71.6 Å². The molecule has 0 radical (unpaired) electrons. The predicted molar refractivity (Wildman–Crippen MR) is 231 cm³/mol. The number of hydrogen-bond acceptors (Lipinski definition) is 10. The molecule has 0 saturated heterocycles. The van der Waals surface area contributed by atoms with E-state index in [4.69, 9.17) is 51.6 Å². The number of fused-ring (bicyclic) bond motifs is 1. The van der Waals surface area contributed by atoms with Gasteiger partial charge in [0.2, 0.25) is 23.6 Å². The van der Waals surface area contributed by atoms with Crippen LogP contribution in [0.5, 0.6) is 0 Å². The van der Waals surface area contributed by atoms with Crippen LogP contribution in [0.2, 0.25) is 0 Å². The lowest BCUT2D eigenvalue weighted by molar-refractivity contribution is -0.142. The molecule has 5 atom stereocenters. The van der Waals surface area contributed by atoms with E-state index in [1.54, 1.807) is 6.07 Å². The maximum absolute atomic E-state index is 14.2. The number of nitrogens with one attached hydrogen (secondary N) is 4. The summed E-state index contributed by atoms with van der Waals surface area (Å²) < 4.78 is 0. The summed E-state index contributed by atoms with van der Waals surface area (Å²) in [5.41, 5.74) is 50.1. The molecule has 0 aromatic heterocycles. The molecule has 0 aliphatic heterocycles. The number of carbonyl (C=O) groups excluding carboxylic acids is 4. The first-order valence-electron chi connectivity index (χ1n) is 19.4. The smallest absolute Gasteiger partial charge is 0.326 e. The van der Waals surface area contributed by atoms with Crippen LogP contribution in [0, 0.1) is 0 Å². The number of amides is 4. The Morgan fingerprint density at radius 2 is 0.883 bits per heavy atom. The Labute approximate surface area is 347 Å². The van der Waals surface area contributed by atoms with Gasteiger partial charge in [0.15, 0.2) is 23.8 Å². The second kappa shape index (κ2) is 26.2. The maximum Gasteiger partial charge on any atom is 0.326 e. The van der Waals surface area contributed by atoms with Crippen LogP contribution in [0.15, 0.2) is 62.4 Å². The van der Waals surface area contributed by atoms with Gasteiger partial charge in [-0.15, -0.1) is 0 Å². The van der Waals surface area contributed by atoms with E-state index in [0.717, 1.165) is 10.8 Å². The number of carbonyl (C=O) groups is 5. The molecule has 0 spiro atoms. The molecule has 0 fully saturated rings. The molecule has 2 rings (SSSR count). The summed E-state index contributed by atoms with van der Waals surface area (Å²) in [6, 6.07) is 6.84. The molecule has 0 aliphatic carbocycles. The fourth-order valence-electron chi connectivity index (χ4n) is 5.86. The Bertz CT molecular complexity index is 1850. The Morgan fingerprint density at radius 1 is 0.500 bits per heavy atom. The summed E-state index contributed by atoms with van der Waals surface area (Å²) in [6.07, 6.45) is 1.22. The van der Waals surface area contributed by atoms with Crippen molar-refractivity contribution in [1.29, 1.82) is 0 Å². The van der Waals surface area contributed by atoms with E-state index in [0.29, 0.717) is 12.0 Å². The number of aliphatic imine (C=N–C) groups is 4. The average molecular weight is 840 g/mol. The van der Waals surface area contributed by atoms with Gasteiger partial charge in [-0.2, -0.15) is 0 Å². The maximum atomic E-state index is 14.2. The Hall–Kier alpha value is -6.91. The fourth-order valence-corrected chi connectivity index (χ4v) is 5.86. The van der Waals surface area contributed by atoms with Gasteiger partial charge < -0.3 is 78.0 Å². The van der Waals surface area contributed by atoms with Gasteiger partial charge >= 0.3 is 5.97 Å². The molecule has 23 heteroatoms. The van der Waals surface area contributed by atoms with Gasteiger partial charge in [-0.1, -0.05) is 42.5 Å². The Morgan fingerprint density at radius 3 is 1.35 bits per heavy atom. The van der Waals surface area contributed by atoms with E-state index >= 15 is 0 Å². The molecule has 23 N–H and O–H groups in total. The van der Waals surface area contributed by atoms with Crippen molar-refractivity contribution in [2.75, 3.05) is 26.2 Å². The normalized spacial score (nSPS) is 13.2. The Kier molecular flexibility index (Phi) is 21.5. The van der Waals surface area contributed by atoms with Gasteiger partial charge in [-0.3, -0.25) is 39.1 Å². The standard InChI is InChI=1S/C37H61N17O6/c38-24(9-3-15-47-34(39)40)29(55)51-25(10-4-16-48-35(41)42)30(56)52-26(11-5-17-49-36(43)44)31(57)54-28(20-21-13-14-22-7-1-2-8-23(22)19-21)32(58)53-27(33(59)60)12-6-18-50-37(45)46/h1-2,7-8,13-14,19,24-28H,3-6,9-12,15-18,20,38H2,(H,51,55)(H,52,56)(H,53,58)(H,54,57)(H,59,60)(H4,39,40,47)(H4,41,42,48)(H4,43,44,49)(H4,45,46,50)/t24-,25-,26-,27-,28-/m0/s1. The number of nitrogens with zero attached hydrogens (tertiary/aromatic N) is 4. The number of guanidine groups is 4. The first-order valence-corrected chi connectivity index (χ1v) is 19.4. The highest BCUT2D eigenvalue weighted by Gasteiger charge is 2.32. The third kappa shape index (κ3) is 19.5. The minimum atomic E-state index is -1.35. The third-order valence-corrected chi connectivity index (χ3v) is 8.91. The molecular weight excluding hydrogens is 779 g/mol. The summed E-state index contributed by atoms with van der Waals surface area (Å²) in [6.45, 7) is 0.586. The zero-order valence-corrected chi connectivity index (χ0v) is 33.6. The van der Waals surface area contributed by atoms with Crippen molar-refractivity contribution < 1.29 is 29.1 Å². The largest absolute Gasteiger partial charge is 0.480 e. The van der Waals surface area contributed by atoms with Crippen LogP contribution in [-0.2, 0) is 30.4 Å². The SMILES string of the molecule is NC(N)=NCCC[C@H](NC(=O)[C@H](Cc1ccc2ccccc2c1)NC(=O)[C@H](CCCN=C(N)N)NC(=O)[C@H](CCCN=C(N)N)NC(=O)[C@@H](N)CCCN=C(N)N)C(=O)O. The molecule has 0 unspecified atom stereocenters. The third-order valence-electron chi connectivity index (χ3n) is 8.91. The number of rotatable bonds is 27. The number of carboxylic acids is 1. The molecular formula is C37H61N17O6. The molecule has 60 heavy (non-hydrogen) atoms. The van der Waals surface area contributed by atoms with E-state index in [1.165, 1.54) is 0 Å². The summed E-state index contributed by atoms with van der Waals surface area (Å²) in [5, 5.41) is 22.3. The zero-order valence-electron chi connectivity index (χ0n) is 33.6. The lowest BCUT2D eigenvalue weighted by atomic mass is 10.00. The summed E-state index contributed by atoms with van der Waals surface area (Å²) >= 11 is 0. The van der Waals surface area contributed by atoms with Crippen molar-refractivity contribution in [1.82, 2.24) is 21.3 Å². The summed E-state index contributed by atoms with van der Waals surface area (Å²) in [5.74, 6) is -4.90. The van der Waals surface area contributed by atoms with Gasteiger partial charge in [0, 0.05) is 32.6 Å². The van der Waals surface area contributed by atoms with Crippen LogP contribution >= 0.6 is 0 Å². The summed E-state index contributed by atoms with van der Waals surface area (Å²) in [4.78, 5) is 83.0. The van der Waals surface area contributed by atoms with E-state index < -0.39 is 59.8 Å². The molecule has 2 aromatic rings. The minimum Gasteiger partial charge on any atom is -0.480 e. The lowest BCUT2D eigenvalue weighted by Crippen LogP contribution is -2.58. The molecule has 0 saturated carbocycles. The van der Waals surface area contributed by atoms with Crippen LogP contribution in [0.1, 0.15) is 56.9 Å².